The summed E-state index contributed by atoms with van der Waals surface area (Å²) in [6, 6.07) is 20.3. The molecule has 0 heterocycles. The van der Waals surface area contributed by atoms with Gasteiger partial charge >= 0.3 is 5.97 Å². The summed E-state index contributed by atoms with van der Waals surface area (Å²) in [5, 5.41) is 0.575. The van der Waals surface area contributed by atoms with Crippen molar-refractivity contribution in [2.24, 2.45) is 0 Å². The Bertz CT molecular complexity index is 1020. The summed E-state index contributed by atoms with van der Waals surface area (Å²) >= 11 is 6.07. The molecule has 4 nitrogen and oxygen atoms in total. The molecule has 0 atom stereocenters. The van der Waals surface area contributed by atoms with E-state index in [0.717, 1.165) is 5.56 Å². The molecule has 0 aromatic heterocycles. The maximum absolute atomic E-state index is 12.3. The summed E-state index contributed by atoms with van der Waals surface area (Å²) in [5.41, 5.74) is 1.62. The van der Waals surface area contributed by atoms with Gasteiger partial charge in [0, 0.05) is 10.6 Å². The molecule has 0 spiro atoms. The molecule has 0 saturated heterocycles. The van der Waals surface area contributed by atoms with Crippen LogP contribution in [0.15, 0.2) is 78.9 Å². The third kappa shape index (κ3) is 4.87. The Labute approximate surface area is 168 Å². The number of halogens is 1. The smallest absolute Gasteiger partial charge is 0.343 e. The van der Waals surface area contributed by atoms with Crippen molar-refractivity contribution in [2.45, 2.75) is 0 Å². The van der Waals surface area contributed by atoms with Gasteiger partial charge in [0.2, 0.25) is 0 Å². The maximum atomic E-state index is 12.3. The van der Waals surface area contributed by atoms with E-state index in [1.807, 2.05) is 18.2 Å². The van der Waals surface area contributed by atoms with Gasteiger partial charge in [-0.1, -0.05) is 35.9 Å². The summed E-state index contributed by atoms with van der Waals surface area (Å²) in [6.07, 6.45) is 3.12. The number of methoxy groups -OCH3 is 1. The standard InChI is InChI=1S/C23H17ClO4/c1-27-20-7-4-6-18(15-20)23(26)28-19-12-9-17(10-13-19)22(25)14-11-16-5-2-3-8-21(16)24/h2-15H,1H3/b14-11+. The molecule has 0 aliphatic rings. The van der Waals surface area contributed by atoms with Crippen LogP contribution in [0.5, 0.6) is 11.5 Å². The first-order valence-corrected chi connectivity index (χ1v) is 8.88. The molecule has 0 N–H and O–H groups in total. The Kier molecular flexibility index (Phi) is 6.25. The Morgan fingerprint density at radius 2 is 1.61 bits per heavy atom. The zero-order valence-electron chi connectivity index (χ0n) is 15.1. The Morgan fingerprint density at radius 3 is 2.32 bits per heavy atom. The second-order valence-electron chi connectivity index (χ2n) is 5.86. The highest BCUT2D eigenvalue weighted by atomic mass is 35.5. The predicted octanol–water partition coefficient (Wildman–Crippen LogP) is 5.46. The van der Waals surface area contributed by atoms with E-state index in [9.17, 15) is 9.59 Å². The number of ether oxygens (including phenoxy) is 2. The van der Waals surface area contributed by atoms with Gasteiger partial charge in [0.15, 0.2) is 5.78 Å². The van der Waals surface area contributed by atoms with Crippen LogP contribution < -0.4 is 9.47 Å². The van der Waals surface area contributed by atoms with E-state index in [4.69, 9.17) is 21.1 Å². The lowest BCUT2D eigenvalue weighted by Gasteiger charge is -2.06. The fourth-order valence-corrected chi connectivity index (χ4v) is 2.67. The number of esters is 1. The molecule has 0 radical (unpaired) electrons. The van der Waals surface area contributed by atoms with Gasteiger partial charge in [-0.15, -0.1) is 0 Å². The van der Waals surface area contributed by atoms with E-state index in [0.29, 0.717) is 27.6 Å². The zero-order valence-corrected chi connectivity index (χ0v) is 15.8. The van der Waals surface area contributed by atoms with Crippen molar-refractivity contribution in [3.63, 3.8) is 0 Å². The highest BCUT2D eigenvalue weighted by molar-refractivity contribution is 6.32. The van der Waals surface area contributed by atoms with Gasteiger partial charge < -0.3 is 9.47 Å². The van der Waals surface area contributed by atoms with Crippen LogP contribution in [0.3, 0.4) is 0 Å². The van der Waals surface area contributed by atoms with Crippen LogP contribution in [0.4, 0.5) is 0 Å². The third-order valence-electron chi connectivity index (χ3n) is 3.97. The largest absolute Gasteiger partial charge is 0.497 e. The lowest BCUT2D eigenvalue weighted by molar-refractivity contribution is 0.0734. The van der Waals surface area contributed by atoms with E-state index in [1.54, 1.807) is 60.7 Å². The lowest BCUT2D eigenvalue weighted by atomic mass is 10.1. The minimum Gasteiger partial charge on any atom is -0.497 e. The number of carbonyl (C=O) groups excluding carboxylic acids is 2. The van der Waals surface area contributed by atoms with Crippen molar-refractivity contribution in [3.05, 3.63) is 101 Å². The van der Waals surface area contributed by atoms with Crippen LogP contribution in [-0.4, -0.2) is 18.9 Å². The van der Waals surface area contributed by atoms with Crippen LogP contribution in [0.25, 0.3) is 6.08 Å². The molecule has 0 amide bonds. The van der Waals surface area contributed by atoms with Crippen LogP contribution in [0.2, 0.25) is 5.02 Å². The summed E-state index contributed by atoms with van der Waals surface area (Å²) in [7, 11) is 1.53. The highest BCUT2D eigenvalue weighted by Gasteiger charge is 2.10. The molecular weight excluding hydrogens is 376 g/mol. The molecule has 0 aliphatic heterocycles. The van der Waals surface area contributed by atoms with Crippen molar-refractivity contribution in [1.82, 2.24) is 0 Å². The number of rotatable bonds is 6. The number of ketones is 1. The van der Waals surface area contributed by atoms with Crippen molar-refractivity contribution in [2.75, 3.05) is 7.11 Å². The van der Waals surface area contributed by atoms with Crippen molar-refractivity contribution >= 4 is 29.4 Å². The number of allylic oxidation sites excluding steroid dienone is 1. The summed E-state index contributed by atoms with van der Waals surface area (Å²) in [6.45, 7) is 0. The molecule has 3 aromatic carbocycles. The molecule has 0 aliphatic carbocycles. The maximum Gasteiger partial charge on any atom is 0.343 e. The fraction of sp³-hybridized carbons (Fsp3) is 0.0435. The number of hydrogen-bond acceptors (Lipinski definition) is 4. The van der Waals surface area contributed by atoms with Gasteiger partial charge in [0.05, 0.1) is 12.7 Å². The fourth-order valence-electron chi connectivity index (χ4n) is 2.48. The molecular formula is C23H17ClO4. The van der Waals surface area contributed by atoms with Gasteiger partial charge in [-0.3, -0.25) is 4.79 Å². The summed E-state index contributed by atoms with van der Waals surface area (Å²) in [4.78, 5) is 24.5. The monoisotopic (exact) mass is 392 g/mol. The topological polar surface area (TPSA) is 52.6 Å². The van der Waals surface area contributed by atoms with Gasteiger partial charge in [0.1, 0.15) is 11.5 Å². The van der Waals surface area contributed by atoms with Gasteiger partial charge in [-0.25, -0.2) is 4.79 Å². The van der Waals surface area contributed by atoms with Crippen LogP contribution in [0.1, 0.15) is 26.3 Å². The average Bonchev–Trinajstić information content (AvgIpc) is 2.73. The van der Waals surface area contributed by atoms with Crippen LogP contribution in [0, 0.1) is 0 Å². The van der Waals surface area contributed by atoms with Crippen molar-refractivity contribution in [1.29, 1.82) is 0 Å². The SMILES string of the molecule is COc1cccc(C(=O)Oc2ccc(C(=O)/C=C/c3ccccc3Cl)cc2)c1. The number of benzene rings is 3. The molecule has 0 unspecified atom stereocenters. The summed E-state index contributed by atoms with van der Waals surface area (Å²) < 4.78 is 10.4. The van der Waals surface area contributed by atoms with E-state index in [2.05, 4.69) is 0 Å². The van der Waals surface area contributed by atoms with E-state index < -0.39 is 5.97 Å². The molecule has 5 heteroatoms. The van der Waals surface area contributed by atoms with Gasteiger partial charge in [-0.2, -0.15) is 0 Å². The predicted molar refractivity (Wildman–Crippen MR) is 109 cm³/mol. The van der Waals surface area contributed by atoms with E-state index in [1.165, 1.54) is 13.2 Å². The molecule has 0 fully saturated rings. The second-order valence-corrected chi connectivity index (χ2v) is 6.27. The lowest BCUT2D eigenvalue weighted by Crippen LogP contribution is -2.08. The molecule has 0 saturated carbocycles. The van der Waals surface area contributed by atoms with Crippen molar-refractivity contribution in [3.8, 4) is 11.5 Å². The highest BCUT2D eigenvalue weighted by Crippen LogP contribution is 2.19. The van der Waals surface area contributed by atoms with Crippen molar-refractivity contribution < 1.29 is 19.1 Å². The minimum atomic E-state index is -0.503. The summed E-state index contributed by atoms with van der Waals surface area (Å²) in [5.74, 6) is 0.238. The zero-order chi connectivity index (χ0) is 19.9. The van der Waals surface area contributed by atoms with E-state index >= 15 is 0 Å². The molecule has 140 valence electrons. The second kappa shape index (κ2) is 9.02. The van der Waals surface area contributed by atoms with Crippen LogP contribution >= 0.6 is 11.6 Å². The normalized spacial score (nSPS) is 10.6. The Hall–Kier alpha value is -3.37. The number of carbonyl (C=O) groups is 2. The van der Waals surface area contributed by atoms with E-state index in [-0.39, 0.29) is 5.78 Å². The Balaban J connectivity index is 1.66. The Morgan fingerprint density at radius 1 is 0.857 bits per heavy atom. The first-order chi connectivity index (χ1) is 13.6. The minimum absolute atomic E-state index is 0.175. The third-order valence-corrected chi connectivity index (χ3v) is 4.32. The van der Waals surface area contributed by atoms with Gasteiger partial charge in [0.25, 0.3) is 0 Å². The molecule has 0 bridgehead atoms. The molecule has 3 rings (SSSR count). The first-order valence-electron chi connectivity index (χ1n) is 8.50. The number of hydrogen-bond donors (Lipinski definition) is 0. The first kappa shape index (κ1) is 19.4. The molecule has 3 aromatic rings. The average molecular weight is 393 g/mol. The quantitative estimate of drug-likeness (QED) is 0.242. The molecule has 28 heavy (non-hydrogen) atoms. The van der Waals surface area contributed by atoms with Crippen LogP contribution in [-0.2, 0) is 0 Å². The van der Waals surface area contributed by atoms with Gasteiger partial charge in [-0.05, 0) is 66.2 Å².